The van der Waals surface area contributed by atoms with E-state index in [1.165, 1.54) is 42.5 Å². The molecule has 13 heteroatoms. The summed E-state index contributed by atoms with van der Waals surface area (Å²) in [4.78, 5) is 23.3. The van der Waals surface area contributed by atoms with Crippen LogP contribution in [0.25, 0.3) is 0 Å². The summed E-state index contributed by atoms with van der Waals surface area (Å²) in [6, 6.07) is 15.9. The first-order valence-corrected chi connectivity index (χ1v) is 10.9. The Balaban J connectivity index is 1.53. The van der Waals surface area contributed by atoms with Crippen LogP contribution < -0.4 is 16.1 Å². The van der Waals surface area contributed by atoms with E-state index in [1.54, 1.807) is 24.3 Å². The Bertz CT molecular complexity index is 1350. The minimum atomic E-state index is -0.714. The molecule has 4 rings (SSSR count). The summed E-state index contributed by atoms with van der Waals surface area (Å²) in [6.45, 7) is 0.583. The average molecular weight is 506 g/mol. The standard InChI is InChI=1S/C24H20F2N8O3/c25-18-8-4-15(5-9-18)12-27-22-30-23(28-13-16-6-10-19(26)11-7-16)32-24(31-22)33-29-14-17-2-1-3-20(35)21(17)34(36)37/h1-11,14,35H,12-13H2,(H3,27,28,30,31,32,33)/b29-14+. The Morgan fingerprint density at radius 2 is 1.35 bits per heavy atom. The highest BCUT2D eigenvalue weighted by Gasteiger charge is 2.17. The SMILES string of the molecule is O=[N+]([O-])c1c(O)cccc1/C=N/Nc1nc(NCc2ccc(F)cc2)nc(NCc2ccc(F)cc2)n1. The Labute approximate surface area is 209 Å². The maximum absolute atomic E-state index is 13.2. The molecule has 4 aromatic rings. The van der Waals surface area contributed by atoms with Crippen molar-refractivity contribution in [2.45, 2.75) is 13.1 Å². The molecule has 188 valence electrons. The zero-order valence-corrected chi connectivity index (χ0v) is 19.1. The molecule has 1 heterocycles. The van der Waals surface area contributed by atoms with E-state index in [4.69, 9.17) is 0 Å². The van der Waals surface area contributed by atoms with Gasteiger partial charge in [0.2, 0.25) is 17.8 Å². The molecule has 0 saturated heterocycles. The molecule has 0 aliphatic carbocycles. The third kappa shape index (κ3) is 6.91. The Morgan fingerprint density at radius 3 is 1.86 bits per heavy atom. The first-order chi connectivity index (χ1) is 17.9. The number of aromatic hydroxyl groups is 1. The van der Waals surface area contributed by atoms with Gasteiger partial charge in [-0.1, -0.05) is 30.3 Å². The quantitative estimate of drug-likeness (QED) is 0.139. The van der Waals surface area contributed by atoms with Crippen LogP contribution in [-0.4, -0.2) is 31.2 Å². The van der Waals surface area contributed by atoms with Crippen LogP contribution in [0.4, 0.5) is 32.3 Å². The van der Waals surface area contributed by atoms with Gasteiger partial charge in [-0.25, -0.2) is 14.2 Å². The van der Waals surface area contributed by atoms with Crippen molar-refractivity contribution < 1.29 is 18.8 Å². The first-order valence-electron chi connectivity index (χ1n) is 10.9. The van der Waals surface area contributed by atoms with E-state index in [9.17, 15) is 24.0 Å². The van der Waals surface area contributed by atoms with E-state index in [0.29, 0.717) is 13.1 Å². The number of nitrogens with one attached hydrogen (secondary N) is 3. The molecule has 0 unspecified atom stereocenters. The number of hydrogen-bond acceptors (Lipinski definition) is 10. The molecule has 0 radical (unpaired) electrons. The number of hydrogen-bond donors (Lipinski definition) is 4. The maximum Gasteiger partial charge on any atom is 0.319 e. The van der Waals surface area contributed by atoms with E-state index >= 15 is 0 Å². The maximum atomic E-state index is 13.2. The van der Waals surface area contributed by atoms with Gasteiger partial charge in [-0.2, -0.15) is 20.1 Å². The van der Waals surface area contributed by atoms with Crippen molar-refractivity contribution in [1.82, 2.24) is 15.0 Å². The van der Waals surface area contributed by atoms with Crippen molar-refractivity contribution in [2.24, 2.45) is 5.10 Å². The fourth-order valence-corrected chi connectivity index (χ4v) is 3.16. The van der Waals surface area contributed by atoms with Crippen LogP contribution in [-0.2, 0) is 13.1 Å². The second kappa shape index (κ2) is 11.5. The lowest BCUT2D eigenvalue weighted by Crippen LogP contribution is -2.11. The monoisotopic (exact) mass is 506 g/mol. The minimum Gasteiger partial charge on any atom is -0.502 e. The first kappa shape index (κ1) is 24.9. The number of halogens is 2. The van der Waals surface area contributed by atoms with Gasteiger partial charge in [0.25, 0.3) is 0 Å². The number of benzene rings is 3. The largest absolute Gasteiger partial charge is 0.502 e. The second-order valence-electron chi connectivity index (χ2n) is 7.61. The van der Waals surface area contributed by atoms with Crippen LogP contribution in [0.5, 0.6) is 5.75 Å². The molecule has 0 aliphatic rings. The molecule has 0 aliphatic heterocycles. The number of hydrazone groups is 1. The minimum absolute atomic E-state index is 0.0114. The summed E-state index contributed by atoms with van der Waals surface area (Å²) < 4.78 is 26.4. The Hall–Kier alpha value is -5.20. The van der Waals surface area contributed by atoms with Crippen LogP contribution in [0, 0.1) is 21.7 Å². The molecule has 0 bridgehead atoms. The van der Waals surface area contributed by atoms with Crippen molar-refractivity contribution >= 4 is 29.7 Å². The number of phenols is 1. The molecule has 11 nitrogen and oxygen atoms in total. The van der Waals surface area contributed by atoms with Crippen molar-refractivity contribution in [2.75, 3.05) is 16.1 Å². The molecular weight excluding hydrogens is 486 g/mol. The summed E-state index contributed by atoms with van der Waals surface area (Å²) in [5.74, 6) is -0.852. The number of anilines is 3. The van der Waals surface area contributed by atoms with Crippen molar-refractivity contribution in [3.63, 3.8) is 0 Å². The molecule has 0 atom stereocenters. The van der Waals surface area contributed by atoms with Crippen LogP contribution in [0.2, 0.25) is 0 Å². The fraction of sp³-hybridized carbons (Fsp3) is 0.0833. The zero-order chi connectivity index (χ0) is 26.2. The van der Waals surface area contributed by atoms with E-state index in [-0.39, 0.29) is 35.0 Å². The number of phenolic OH excluding ortho intramolecular Hbond substituents is 1. The summed E-state index contributed by atoms with van der Waals surface area (Å²) in [7, 11) is 0. The van der Waals surface area contributed by atoms with Crippen molar-refractivity contribution in [1.29, 1.82) is 0 Å². The summed E-state index contributed by atoms with van der Waals surface area (Å²) in [5.41, 5.74) is 3.73. The van der Waals surface area contributed by atoms with E-state index in [2.05, 4.69) is 36.1 Å². The van der Waals surface area contributed by atoms with Crippen molar-refractivity contribution in [3.05, 3.63) is 105 Å². The molecule has 0 fully saturated rings. The van der Waals surface area contributed by atoms with Gasteiger partial charge in [-0.15, -0.1) is 0 Å². The number of nitro groups is 1. The van der Waals surface area contributed by atoms with Gasteiger partial charge >= 0.3 is 5.69 Å². The van der Waals surface area contributed by atoms with Crippen LogP contribution in [0.1, 0.15) is 16.7 Å². The van der Waals surface area contributed by atoms with E-state index in [1.807, 2.05) is 0 Å². The zero-order valence-electron chi connectivity index (χ0n) is 19.1. The Kier molecular flexibility index (Phi) is 7.73. The van der Waals surface area contributed by atoms with Gasteiger partial charge < -0.3 is 15.7 Å². The molecule has 1 aromatic heterocycles. The van der Waals surface area contributed by atoms with Crippen LogP contribution in [0.15, 0.2) is 71.8 Å². The lowest BCUT2D eigenvalue weighted by Gasteiger charge is -2.10. The fourth-order valence-electron chi connectivity index (χ4n) is 3.16. The highest BCUT2D eigenvalue weighted by Crippen LogP contribution is 2.28. The lowest BCUT2D eigenvalue weighted by molar-refractivity contribution is -0.386. The normalized spacial score (nSPS) is 10.9. The molecule has 0 amide bonds. The van der Waals surface area contributed by atoms with Gasteiger partial charge in [0, 0.05) is 13.1 Å². The Morgan fingerprint density at radius 1 is 0.838 bits per heavy atom. The van der Waals surface area contributed by atoms with E-state index in [0.717, 1.165) is 17.3 Å². The number of aromatic nitrogens is 3. The molecule has 0 saturated carbocycles. The summed E-state index contributed by atoms with van der Waals surface area (Å²) in [6.07, 6.45) is 1.15. The van der Waals surface area contributed by atoms with Gasteiger partial charge in [-0.3, -0.25) is 10.1 Å². The highest BCUT2D eigenvalue weighted by molar-refractivity contribution is 5.87. The predicted molar refractivity (Wildman–Crippen MR) is 133 cm³/mol. The molecular formula is C24H20F2N8O3. The number of nitro benzene ring substituents is 1. The third-order valence-electron chi connectivity index (χ3n) is 4.96. The lowest BCUT2D eigenvalue weighted by atomic mass is 10.2. The summed E-state index contributed by atoms with van der Waals surface area (Å²) in [5, 5.41) is 31.0. The van der Waals surface area contributed by atoms with Crippen LogP contribution >= 0.6 is 0 Å². The number of para-hydroxylation sites is 1. The molecule has 37 heavy (non-hydrogen) atoms. The van der Waals surface area contributed by atoms with Crippen molar-refractivity contribution in [3.8, 4) is 5.75 Å². The van der Waals surface area contributed by atoms with Gasteiger partial charge in [0.05, 0.1) is 16.7 Å². The van der Waals surface area contributed by atoms with E-state index < -0.39 is 16.4 Å². The molecule has 3 aromatic carbocycles. The number of nitrogens with zero attached hydrogens (tertiary/aromatic N) is 5. The highest BCUT2D eigenvalue weighted by atomic mass is 19.1. The number of rotatable bonds is 10. The van der Waals surface area contributed by atoms with Gasteiger partial charge in [-0.05, 0) is 47.5 Å². The predicted octanol–water partition coefficient (Wildman–Crippen LogP) is 4.43. The van der Waals surface area contributed by atoms with Crippen LogP contribution in [0.3, 0.4) is 0 Å². The topological polar surface area (TPSA) is 150 Å². The smallest absolute Gasteiger partial charge is 0.319 e. The third-order valence-corrected chi connectivity index (χ3v) is 4.96. The van der Waals surface area contributed by atoms with Gasteiger partial charge in [0.15, 0.2) is 5.75 Å². The van der Waals surface area contributed by atoms with Gasteiger partial charge in [0.1, 0.15) is 11.6 Å². The summed E-state index contributed by atoms with van der Waals surface area (Å²) >= 11 is 0. The second-order valence-corrected chi connectivity index (χ2v) is 7.61. The molecule has 0 spiro atoms. The molecule has 4 N–H and O–H groups in total. The average Bonchev–Trinajstić information content (AvgIpc) is 2.88.